The second-order valence-electron chi connectivity index (χ2n) is 2.76. The van der Waals surface area contributed by atoms with Crippen LogP contribution in [0.15, 0.2) is 10.6 Å². The highest BCUT2D eigenvalue weighted by molar-refractivity contribution is 6.36. The average molecular weight is 180 g/mol. The molecule has 0 amide bonds. The lowest BCUT2D eigenvalue weighted by Crippen LogP contribution is -2.18. The second-order valence-corrected chi connectivity index (χ2v) is 3.46. The zero-order chi connectivity index (χ0) is 7.56. The first-order chi connectivity index (χ1) is 4.74. The van der Waals surface area contributed by atoms with Crippen LogP contribution in [-0.4, -0.2) is 12.6 Å². The molecule has 10 heavy (non-hydrogen) atoms. The summed E-state index contributed by atoms with van der Waals surface area (Å²) >= 11 is 11.0. The molecule has 1 nitrogen and oxygen atoms in total. The van der Waals surface area contributed by atoms with Crippen molar-refractivity contribution in [3.8, 4) is 0 Å². The molecule has 2 unspecified atom stereocenters. The number of halogens is 2. The smallest absolute Gasteiger partial charge is 0.0432 e. The van der Waals surface area contributed by atoms with Gasteiger partial charge in [-0.3, -0.25) is 0 Å². The van der Waals surface area contributed by atoms with Crippen molar-refractivity contribution >= 4 is 23.2 Å². The minimum absolute atomic E-state index is 0.672. The van der Waals surface area contributed by atoms with Crippen LogP contribution in [0.2, 0.25) is 0 Å². The molecule has 0 aromatic heterocycles. The van der Waals surface area contributed by atoms with Gasteiger partial charge in [0.25, 0.3) is 0 Å². The van der Waals surface area contributed by atoms with Crippen LogP contribution in [0.4, 0.5) is 0 Å². The molecule has 58 valence electrons. The summed E-state index contributed by atoms with van der Waals surface area (Å²) in [4.78, 5) is 0. The summed E-state index contributed by atoms with van der Waals surface area (Å²) in [6.45, 7) is 2.93. The normalized spacial score (nSPS) is 32.5. The first-order valence-electron chi connectivity index (χ1n) is 3.42. The van der Waals surface area contributed by atoms with E-state index in [2.05, 4.69) is 12.2 Å². The lowest BCUT2D eigenvalue weighted by Gasteiger charge is -1.99. The third kappa shape index (κ3) is 2.49. The van der Waals surface area contributed by atoms with E-state index in [1.807, 2.05) is 0 Å². The molecule has 0 aromatic rings. The summed E-state index contributed by atoms with van der Waals surface area (Å²) in [6, 6.07) is 0.672. The van der Waals surface area contributed by atoms with Crippen LogP contribution in [0.25, 0.3) is 0 Å². The molecule has 1 N–H and O–H groups in total. The van der Waals surface area contributed by atoms with Crippen molar-refractivity contribution in [1.82, 2.24) is 5.32 Å². The maximum atomic E-state index is 5.65. The van der Waals surface area contributed by atoms with E-state index in [-0.39, 0.29) is 0 Å². The minimum atomic E-state index is 0.672. The monoisotopic (exact) mass is 179 g/mol. The van der Waals surface area contributed by atoms with E-state index in [4.69, 9.17) is 23.2 Å². The molecule has 0 spiro atoms. The zero-order valence-corrected chi connectivity index (χ0v) is 7.41. The SMILES string of the molecule is CC1CC1NCC(Cl)=CCl. The fraction of sp³-hybridized carbons (Fsp3) is 0.714. The predicted octanol–water partition coefficient (Wildman–Crippen LogP) is 2.30. The van der Waals surface area contributed by atoms with Crippen molar-refractivity contribution in [2.24, 2.45) is 5.92 Å². The molecule has 2 atom stereocenters. The van der Waals surface area contributed by atoms with E-state index >= 15 is 0 Å². The molecule has 1 saturated carbocycles. The van der Waals surface area contributed by atoms with Gasteiger partial charge in [0.1, 0.15) is 0 Å². The molecular weight excluding hydrogens is 169 g/mol. The first-order valence-corrected chi connectivity index (χ1v) is 4.23. The molecule has 3 heteroatoms. The van der Waals surface area contributed by atoms with Gasteiger partial charge in [-0.1, -0.05) is 30.1 Å². The van der Waals surface area contributed by atoms with Gasteiger partial charge in [0.05, 0.1) is 0 Å². The fourth-order valence-electron chi connectivity index (χ4n) is 0.874. The van der Waals surface area contributed by atoms with Crippen LogP contribution in [0.5, 0.6) is 0 Å². The molecule has 0 saturated heterocycles. The summed E-state index contributed by atoms with van der Waals surface area (Å²) in [5.41, 5.74) is 1.40. The van der Waals surface area contributed by atoms with E-state index in [1.165, 1.54) is 12.0 Å². The molecule has 0 radical (unpaired) electrons. The van der Waals surface area contributed by atoms with Crippen LogP contribution in [0, 0.1) is 5.92 Å². The number of hydrogen-bond acceptors (Lipinski definition) is 1. The van der Waals surface area contributed by atoms with Crippen molar-refractivity contribution < 1.29 is 0 Å². The predicted molar refractivity (Wildman–Crippen MR) is 45.4 cm³/mol. The van der Waals surface area contributed by atoms with Crippen molar-refractivity contribution in [2.45, 2.75) is 19.4 Å². The molecule has 0 bridgehead atoms. The lowest BCUT2D eigenvalue weighted by atomic mass is 10.5. The van der Waals surface area contributed by atoms with Crippen LogP contribution < -0.4 is 5.32 Å². The summed E-state index contributed by atoms with van der Waals surface area (Å²) < 4.78 is 0. The zero-order valence-electron chi connectivity index (χ0n) is 5.90. The average Bonchev–Trinajstić information content (AvgIpc) is 2.61. The van der Waals surface area contributed by atoms with Gasteiger partial charge in [-0.15, -0.1) is 0 Å². The number of nitrogens with one attached hydrogen (secondary N) is 1. The highest BCUT2D eigenvalue weighted by Crippen LogP contribution is 2.29. The van der Waals surface area contributed by atoms with Crippen LogP contribution in [-0.2, 0) is 0 Å². The lowest BCUT2D eigenvalue weighted by molar-refractivity contribution is 0.701. The highest BCUT2D eigenvalue weighted by Gasteiger charge is 2.31. The van der Waals surface area contributed by atoms with E-state index in [0.29, 0.717) is 17.6 Å². The highest BCUT2D eigenvalue weighted by atomic mass is 35.5. The second kappa shape index (κ2) is 3.61. The third-order valence-corrected chi connectivity index (χ3v) is 2.38. The Bertz CT molecular complexity index is 145. The molecule has 0 aliphatic heterocycles. The van der Waals surface area contributed by atoms with Crippen molar-refractivity contribution in [3.63, 3.8) is 0 Å². The summed E-state index contributed by atoms with van der Waals surface area (Å²) in [6.07, 6.45) is 1.27. The third-order valence-electron chi connectivity index (χ3n) is 1.76. The molecule has 1 aliphatic carbocycles. The quantitative estimate of drug-likeness (QED) is 0.702. The van der Waals surface area contributed by atoms with Crippen molar-refractivity contribution in [3.05, 3.63) is 10.6 Å². The topological polar surface area (TPSA) is 12.0 Å². The van der Waals surface area contributed by atoms with E-state index < -0.39 is 0 Å². The molecule has 1 aliphatic rings. The minimum Gasteiger partial charge on any atom is -0.309 e. The maximum absolute atomic E-state index is 5.65. The molecule has 0 heterocycles. The van der Waals surface area contributed by atoms with E-state index in [1.54, 1.807) is 0 Å². The molecule has 0 aromatic carbocycles. The Balaban J connectivity index is 2.06. The molecular formula is C7H11Cl2N. The standard InChI is InChI=1S/C7H11Cl2N/c1-5-2-7(5)10-4-6(9)3-8/h3,5,7,10H,2,4H2,1H3. The maximum Gasteiger partial charge on any atom is 0.0432 e. The first kappa shape index (κ1) is 8.38. The Kier molecular flexibility index (Phi) is 3.02. The molecule has 1 rings (SSSR count). The number of rotatable bonds is 3. The molecule has 1 fully saturated rings. The fourth-order valence-corrected chi connectivity index (χ4v) is 1.03. The largest absolute Gasteiger partial charge is 0.309 e. The summed E-state index contributed by atoms with van der Waals surface area (Å²) in [5.74, 6) is 0.819. The number of hydrogen-bond donors (Lipinski definition) is 1. The Morgan fingerprint density at radius 2 is 2.40 bits per heavy atom. The Morgan fingerprint density at radius 1 is 1.80 bits per heavy atom. The van der Waals surface area contributed by atoms with Gasteiger partial charge < -0.3 is 5.32 Å². The summed E-state index contributed by atoms with van der Waals surface area (Å²) in [7, 11) is 0. The Morgan fingerprint density at radius 3 is 2.80 bits per heavy atom. The van der Waals surface area contributed by atoms with Crippen molar-refractivity contribution in [2.75, 3.05) is 6.54 Å². The van der Waals surface area contributed by atoms with Gasteiger partial charge in [-0.05, 0) is 12.3 Å². The summed E-state index contributed by atoms with van der Waals surface area (Å²) in [5, 5.41) is 3.95. The van der Waals surface area contributed by atoms with Crippen LogP contribution in [0.3, 0.4) is 0 Å². The van der Waals surface area contributed by atoms with Gasteiger partial charge in [0, 0.05) is 23.2 Å². The Hall–Kier alpha value is 0.280. The van der Waals surface area contributed by atoms with E-state index in [0.717, 1.165) is 5.92 Å². The van der Waals surface area contributed by atoms with Crippen LogP contribution in [0.1, 0.15) is 13.3 Å². The van der Waals surface area contributed by atoms with Gasteiger partial charge in [-0.2, -0.15) is 0 Å². The van der Waals surface area contributed by atoms with Gasteiger partial charge in [0.2, 0.25) is 0 Å². The van der Waals surface area contributed by atoms with Crippen LogP contribution >= 0.6 is 23.2 Å². The van der Waals surface area contributed by atoms with Gasteiger partial charge in [-0.25, -0.2) is 0 Å². The van der Waals surface area contributed by atoms with E-state index in [9.17, 15) is 0 Å². The Labute approximate surface area is 71.4 Å². The van der Waals surface area contributed by atoms with Crippen molar-refractivity contribution in [1.29, 1.82) is 0 Å². The van der Waals surface area contributed by atoms with Gasteiger partial charge >= 0.3 is 0 Å². The van der Waals surface area contributed by atoms with Gasteiger partial charge in [0.15, 0.2) is 0 Å².